The Morgan fingerprint density at radius 1 is 1.39 bits per heavy atom. The van der Waals surface area contributed by atoms with Crippen LogP contribution in [0.2, 0.25) is 5.02 Å². The summed E-state index contributed by atoms with van der Waals surface area (Å²) in [7, 11) is 0. The van der Waals surface area contributed by atoms with Gasteiger partial charge in [-0.05, 0) is 37.6 Å². The summed E-state index contributed by atoms with van der Waals surface area (Å²) in [4.78, 5) is 11.8. The summed E-state index contributed by atoms with van der Waals surface area (Å²) in [6.07, 6.45) is 3.35. The van der Waals surface area contributed by atoms with Crippen molar-refractivity contribution in [2.75, 3.05) is 18.4 Å². The Kier molecular flexibility index (Phi) is 4.84. The van der Waals surface area contributed by atoms with Gasteiger partial charge >= 0.3 is 6.03 Å². The minimum atomic E-state index is -0.175. The summed E-state index contributed by atoms with van der Waals surface area (Å²) in [5.41, 5.74) is 0.710. The highest BCUT2D eigenvalue weighted by Crippen LogP contribution is 2.14. The second-order valence-electron chi connectivity index (χ2n) is 4.51. The van der Waals surface area contributed by atoms with Crippen molar-refractivity contribution in [2.45, 2.75) is 25.3 Å². The molecular weight excluding hydrogens is 250 g/mol. The molecule has 0 spiro atoms. The summed E-state index contributed by atoms with van der Waals surface area (Å²) >= 11 is 5.86. The second-order valence-corrected chi connectivity index (χ2v) is 4.94. The van der Waals surface area contributed by atoms with E-state index < -0.39 is 0 Å². The number of benzene rings is 1. The first-order valence-corrected chi connectivity index (χ1v) is 6.65. The van der Waals surface area contributed by atoms with Gasteiger partial charge in [0.25, 0.3) is 0 Å². The van der Waals surface area contributed by atoms with Gasteiger partial charge in [-0.1, -0.05) is 24.1 Å². The number of anilines is 1. The molecule has 1 unspecified atom stereocenters. The molecule has 2 amide bonds. The number of carbonyl (C=O) groups excluding carboxylic acids is 1. The van der Waals surface area contributed by atoms with Crippen LogP contribution in [0.25, 0.3) is 0 Å². The van der Waals surface area contributed by atoms with Crippen LogP contribution < -0.4 is 16.0 Å². The quantitative estimate of drug-likeness (QED) is 0.772. The van der Waals surface area contributed by atoms with E-state index in [0.29, 0.717) is 10.7 Å². The Morgan fingerprint density at radius 3 is 3.11 bits per heavy atom. The van der Waals surface area contributed by atoms with Crippen LogP contribution in [-0.2, 0) is 0 Å². The Bertz CT molecular complexity index is 403. The number of rotatable bonds is 2. The first-order valence-electron chi connectivity index (χ1n) is 6.28. The highest BCUT2D eigenvalue weighted by molar-refractivity contribution is 6.30. The van der Waals surface area contributed by atoms with Crippen LogP contribution in [0.5, 0.6) is 0 Å². The van der Waals surface area contributed by atoms with Gasteiger partial charge in [-0.2, -0.15) is 0 Å². The van der Waals surface area contributed by atoms with Gasteiger partial charge in [0.05, 0.1) is 0 Å². The SMILES string of the molecule is O=C(Nc1cccc(Cl)c1)NC1CCCCNC1. The van der Waals surface area contributed by atoms with Crippen LogP contribution in [0.3, 0.4) is 0 Å². The zero-order valence-corrected chi connectivity index (χ0v) is 11.0. The van der Waals surface area contributed by atoms with Crippen molar-refractivity contribution in [3.8, 4) is 0 Å². The second kappa shape index (κ2) is 6.61. The summed E-state index contributed by atoms with van der Waals surface area (Å²) < 4.78 is 0. The number of carbonyl (C=O) groups is 1. The molecule has 0 saturated carbocycles. The maximum atomic E-state index is 11.8. The average Bonchev–Trinajstić information content (AvgIpc) is 2.57. The van der Waals surface area contributed by atoms with E-state index in [0.717, 1.165) is 25.9 Å². The summed E-state index contributed by atoms with van der Waals surface area (Å²) in [6, 6.07) is 7.16. The molecule has 3 N–H and O–H groups in total. The first-order chi connectivity index (χ1) is 8.74. The molecule has 0 aliphatic carbocycles. The molecule has 0 radical (unpaired) electrons. The molecule has 1 aliphatic rings. The molecule has 1 fully saturated rings. The van der Waals surface area contributed by atoms with Crippen LogP contribution in [0.15, 0.2) is 24.3 Å². The molecule has 98 valence electrons. The molecule has 5 heteroatoms. The monoisotopic (exact) mass is 267 g/mol. The molecule has 18 heavy (non-hydrogen) atoms. The fourth-order valence-corrected chi connectivity index (χ4v) is 2.25. The van der Waals surface area contributed by atoms with Crippen molar-refractivity contribution >= 4 is 23.3 Å². The third-order valence-corrected chi connectivity index (χ3v) is 3.20. The van der Waals surface area contributed by atoms with Crippen LogP contribution >= 0.6 is 11.6 Å². The van der Waals surface area contributed by atoms with Crippen molar-refractivity contribution < 1.29 is 4.79 Å². The highest BCUT2D eigenvalue weighted by atomic mass is 35.5. The first kappa shape index (κ1) is 13.2. The van der Waals surface area contributed by atoms with Crippen molar-refractivity contribution in [3.05, 3.63) is 29.3 Å². The smallest absolute Gasteiger partial charge is 0.319 e. The van der Waals surface area contributed by atoms with Crippen molar-refractivity contribution in [3.63, 3.8) is 0 Å². The molecule has 4 nitrogen and oxygen atoms in total. The summed E-state index contributed by atoms with van der Waals surface area (Å²) in [5.74, 6) is 0. The van der Waals surface area contributed by atoms with Crippen LogP contribution in [0.4, 0.5) is 10.5 Å². The Morgan fingerprint density at radius 2 is 2.28 bits per heavy atom. The lowest BCUT2D eigenvalue weighted by Gasteiger charge is -2.16. The maximum Gasteiger partial charge on any atom is 0.319 e. The number of halogens is 1. The number of hydrogen-bond acceptors (Lipinski definition) is 2. The lowest BCUT2D eigenvalue weighted by Crippen LogP contribution is -2.42. The normalized spacial score (nSPS) is 19.9. The Labute approximate surface area is 112 Å². The number of amides is 2. The van der Waals surface area contributed by atoms with Crippen molar-refractivity contribution in [2.24, 2.45) is 0 Å². The fourth-order valence-electron chi connectivity index (χ4n) is 2.06. The lowest BCUT2D eigenvalue weighted by atomic mass is 10.1. The zero-order chi connectivity index (χ0) is 12.8. The van der Waals surface area contributed by atoms with Gasteiger partial charge in [0.1, 0.15) is 0 Å². The molecule has 1 heterocycles. The predicted molar refractivity (Wildman–Crippen MR) is 74.1 cm³/mol. The Hall–Kier alpha value is -1.26. The third kappa shape index (κ3) is 4.20. The summed E-state index contributed by atoms with van der Waals surface area (Å²) in [6.45, 7) is 1.87. The molecule has 1 atom stereocenters. The topological polar surface area (TPSA) is 53.2 Å². The Balaban J connectivity index is 1.84. The maximum absolute atomic E-state index is 11.8. The van der Waals surface area contributed by atoms with Crippen LogP contribution in [0.1, 0.15) is 19.3 Å². The van der Waals surface area contributed by atoms with E-state index in [9.17, 15) is 4.79 Å². The molecule has 1 aliphatic heterocycles. The van der Waals surface area contributed by atoms with Gasteiger partial charge in [0.15, 0.2) is 0 Å². The molecule has 0 bridgehead atoms. The largest absolute Gasteiger partial charge is 0.334 e. The van der Waals surface area contributed by atoms with Gasteiger partial charge in [-0.15, -0.1) is 0 Å². The van der Waals surface area contributed by atoms with E-state index in [4.69, 9.17) is 11.6 Å². The minimum Gasteiger partial charge on any atom is -0.334 e. The van der Waals surface area contributed by atoms with E-state index in [1.165, 1.54) is 6.42 Å². The van der Waals surface area contributed by atoms with Gasteiger partial charge in [0.2, 0.25) is 0 Å². The van der Waals surface area contributed by atoms with Crippen molar-refractivity contribution in [1.82, 2.24) is 10.6 Å². The van der Waals surface area contributed by atoms with E-state index in [1.807, 2.05) is 12.1 Å². The predicted octanol–water partition coefficient (Wildman–Crippen LogP) is 2.60. The number of urea groups is 1. The third-order valence-electron chi connectivity index (χ3n) is 2.96. The minimum absolute atomic E-state index is 0.175. The molecule has 1 aromatic rings. The molecular formula is C13H18ClN3O. The average molecular weight is 268 g/mol. The van der Waals surface area contributed by atoms with Crippen molar-refractivity contribution in [1.29, 1.82) is 0 Å². The molecule has 1 saturated heterocycles. The zero-order valence-electron chi connectivity index (χ0n) is 10.2. The van der Waals surface area contributed by atoms with E-state index in [2.05, 4.69) is 16.0 Å². The molecule has 1 aromatic carbocycles. The van der Waals surface area contributed by atoms with Gasteiger partial charge < -0.3 is 16.0 Å². The molecule has 2 rings (SSSR count). The summed E-state index contributed by atoms with van der Waals surface area (Å²) in [5, 5.41) is 9.69. The van der Waals surface area contributed by atoms with Gasteiger partial charge in [-0.25, -0.2) is 4.79 Å². The standard InChI is InChI=1S/C13H18ClN3O/c14-10-4-3-6-11(8-10)16-13(18)17-12-5-1-2-7-15-9-12/h3-4,6,8,12,15H,1-2,5,7,9H2,(H2,16,17,18). The van der Waals surface area contributed by atoms with Gasteiger partial charge in [-0.3, -0.25) is 0 Å². The molecule has 0 aromatic heterocycles. The van der Waals surface area contributed by atoms with E-state index in [1.54, 1.807) is 12.1 Å². The van der Waals surface area contributed by atoms with Crippen LogP contribution in [0, 0.1) is 0 Å². The van der Waals surface area contributed by atoms with E-state index >= 15 is 0 Å². The number of hydrogen-bond donors (Lipinski definition) is 3. The number of nitrogens with one attached hydrogen (secondary N) is 3. The fraction of sp³-hybridized carbons (Fsp3) is 0.462. The van der Waals surface area contributed by atoms with Crippen LogP contribution in [-0.4, -0.2) is 25.2 Å². The lowest BCUT2D eigenvalue weighted by molar-refractivity contribution is 0.247. The van der Waals surface area contributed by atoms with Gasteiger partial charge in [0, 0.05) is 23.3 Å². The highest BCUT2D eigenvalue weighted by Gasteiger charge is 2.14. The van der Waals surface area contributed by atoms with E-state index in [-0.39, 0.29) is 12.1 Å².